The van der Waals surface area contributed by atoms with Crippen molar-refractivity contribution >= 4 is 5.97 Å². The summed E-state index contributed by atoms with van der Waals surface area (Å²) < 4.78 is 11.9. The molecule has 0 aliphatic heterocycles. The fourth-order valence-electron chi connectivity index (χ4n) is 2.89. The minimum atomic E-state index is -1.03. The molecule has 0 bridgehead atoms. The number of carboxylic acids is 1. The summed E-state index contributed by atoms with van der Waals surface area (Å²) >= 11 is 0. The lowest BCUT2D eigenvalue weighted by atomic mass is 10.1. The molecule has 4 heteroatoms. The van der Waals surface area contributed by atoms with Crippen molar-refractivity contribution in [1.82, 2.24) is 0 Å². The Bertz CT molecular complexity index is 1100. The topological polar surface area (TPSA) is 55.8 Å². The van der Waals surface area contributed by atoms with Gasteiger partial charge in [0.2, 0.25) is 0 Å². The van der Waals surface area contributed by atoms with Gasteiger partial charge in [-0.15, -0.1) is 0 Å². The summed E-state index contributed by atoms with van der Waals surface area (Å²) in [5, 5.41) is 9.30. The third kappa shape index (κ3) is 4.45. The maximum Gasteiger partial charge on any atom is 0.335 e. The Labute approximate surface area is 168 Å². The van der Waals surface area contributed by atoms with Crippen LogP contribution in [0.4, 0.5) is 0 Å². The monoisotopic (exact) mass is 382 g/mol. The average molecular weight is 382 g/mol. The molecule has 0 aliphatic rings. The van der Waals surface area contributed by atoms with E-state index in [1.54, 1.807) is 18.2 Å². The second kappa shape index (κ2) is 8.31. The fraction of sp³-hybridized carbons (Fsp3) is 0. The van der Waals surface area contributed by atoms with E-state index >= 15 is 0 Å². The van der Waals surface area contributed by atoms with Gasteiger partial charge >= 0.3 is 5.97 Å². The van der Waals surface area contributed by atoms with E-state index in [0.29, 0.717) is 23.0 Å². The summed E-state index contributed by atoms with van der Waals surface area (Å²) in [7, 11) is 0. The zero-order valence-electron chi connectivity index (χ0n) is 15.5. The normalized spacial score (nSPS) is 10.3. The van der Waals surface area contributed by atoms with Crippen LogP contribution >= 0.6 is 0 Å². The Morgan fingerprint density at radius 1 is 0.586 bits per heavy atom. The molecule has 0 radical (unpaired) electrons. The molecule has 0 spiro atoms. The summed E-state index contributed by atoms with van der Waals surface area (Å²) in [4.78, 5) is 11.4. The summed E-state index contributed by atoms with van der Waals surface area (Å²) in [6.07, 6.45) is 0. The minimum absolute atomic E-state index is 0.128. The predicted octanol–water partition coefficient (Wildman–Crippen LogP) is 6.64. The van der Waals surface area contributed by atoms with Crippen molar-refractivity contribution in [2.75, 3.05) is 0 Å². The molecule has 1 N–H and O–H groups in total. The Morgan fingerprint density at radius 2 is 1.14 bits per heavy atom. The molecule has 0 aromatic heterocycles. The molecule has 0 atom stereocenters. The number of carbonyl (C=O) groups is 1. The quantitative estimate of drug-likeness (QED) is 0.406. The van der Waals surface area contributed by atoms with Crippen LogP contribution in [0.5, 0.6) is 23.0 Å². The first-order valence-electron chi connectivity index (χ1n) is 9.12. The highest BCUT2D eigenvalue weighted by Crippen LogP contribution is 2.36. The van der Waals surface area contributed by atoms with E-state index < -0.39 is 5.97 Å². The van der Waals surface area contributed by atoms with Gasteiger partial charge in [-0.1, -0.05) is 60.7 Å². The van der Waals surface area contributed by atoms with Crippen LogP contribution in [0, 0.1) is 0 Å². The number of rotatable bonds is 6. The van der Waals surface area contributed by atoms with Crippen molar-refractivity contribution in [1.29, 1.82) is 0 Å². The molecule has 0 amide bonds. The summed E-state index contributed by atoms with van der Waals surface area (Å²) in [5.74, 6) is 0.973. The molecule has 0 saturated carbocycles. The fourth-order valence-corrected chi connectivity index (χ4v) is 2.89. The highest BCUT2D eigenvalue weighted by atomic mass is 16.5. The van der Waals surface area contributed by atoms with Gasteiger partial charge in [-0.05, 0) is 53.6 Å². The van der Waals surface area contributed by atoms with E-state index in [-0.39, 0.29) is 5.56 Å². The van der Waals surface area contributed by atoms with Gasteiger partial charge in [0.1, 0.15) is 11.5 Å². The molecular formula is C25H18O4. The average Bonchev–Trinajstić information content (AvgIpc) is 2.77. The number of ether oxygens (including phenoxy) is 2. The Hall–Kier alpha value is -4.05. The molecule has 0 unspecified atom stereocenters. The molecule has 4 nitrogen and oxygen atoms in total. The van der Waals surface area contributed by atoms with Crippen molar-refractivity contribution in [3.8, 4) is 34.1 Å². The van der Waals surface area contributed by atoms with Crippen LogP contribution in [0.15, 0.2) is 103 Å². The Balaban J connectivity index is 1.61. The zero-order chi connectivity index (χ0) is 20.1. The molecule has 29 heavy (non-hydrogen) atoms. The first-order valence-corrected chi connectivity index (χ1v) is 9.12. The lowest BCUT2D eigenvalue weighted by Crippen LogP contribution is -1.98. The number of hydrogen-bond acceptors (Lipinski definition) is 3. The van der Waals surface area contributed by atoms with Crippen LogP contribution in [0.2, 0.25) is 0 Å². The van der Waals surface area contributed by atoms with Crippen molar-refractivity contribution in [3.63, 3.8) is 0 Å². The van der Waals surface area contributed by atoms with E-state index in [9.17, 15) is 9.90 Å². The van der Waals surface area contributed by atoms with E-state index in [2.05, 4.69) is 0 Å². The third-order valence-corrected chi connectivity index (χ3v) is 4.35. The van der Waals surface area contributed by atoms with Gasteiger partial charge in [0.25, 0.3) is 0 Å². The number of aromatic carboxylic acids is 1. The van der Waals surface area contributed by atoms with Gasteiger partial charge in [-0.25, -0.2) is 4.79 Å². The first-order chi connectivity index (χ1) is 14.2. The molecule has 142 valence electrons. The highest BCUT2D eigenvalue weighted by molar-refractivity contribution is 5.88. The molecule has 4 aromatic carbocycles. The lowest BCUT2D eigenvalue weighted by Gasteiger charge is -2.13. The van der Waals surface area contributed by atoms with E-state index in [1.165, 1.54) is 12.1 Å². The maximum atomic E-state index is 11.4. The largest absolute Gasteiger partial charge is 0.478 e. The van der Waals surface area contributed by atoms with Crippen molar-refractivity contribution < 1.29 is 19.4 Å². The molecule has 0 fully saturated rings. The number of benzene rings is 4. The number of hydrogen-bond donors (Lipinski definition) is 1. The number of para-hydroxylation sites is 1. The third-order valence-electron chi connectivity index (χ3n) is 4.35. The molecular weight excluding hydrogens is 364 g/mol. The number of carboxylic acid groups (broad SMARTS) is 1. The van der Waals surface area contributed by atoms with Crippen LogP contribution in [0.1, 0.15) is 10.4 Å². The minimum Gasteiger partial charge on any atom is -0.478 e. The van der Waals surface area contributed by atoms with Crippen molar-refractivity contribution in [2.45, 2.75) is 0 Å². The lowest BCUT2D eigenvalue weighted by molar-refractivity contribution is 0.0696. The van der Waals surface area contributed by atoms with Crippen LogP contribution in [-0.2, 0) is 0 Å². The standard InChI is InChI=1S/C25H18O4/c26-25(27)20-13-16-23(24(17-20)29-21-9-5-2-6-10-21)28-22-14-11-19(12-15-22)18-7-3-1-4-8-18/h1-17H,(H,26,27). The van der Waals surface area contributed by atoms with E-state index in [1.807, 2.05) is 72.8 Å². The molecule has 4 aromatic rings. The summed E-state index contributed by atoms with van der Waals surface area (Å²) in [6.45, 7) is 0. The first kappa shape index (κ1) is 18.3. The molecule has 4 rings (SSSR count). The van der Waals surface area contributed by atoms with Crippen molar-refractivity contribution in [2.24, 2.45) is 0 Å². The SMILES string of the molecule is O=C(O)c1ccc(Oc2ccc(-c3ccccc3)cc2)c(Oc2ccccc2)c1. The van der Waals surface area contributed by atoms with Gasteiger partial charge in [0.05, 0.1) is 5.56 Å². The molecule has 0 aliphatic carbocycles. The van der Waals surface area contributed by atoms with Gasteiger partial charge in [-0.3, -0.25) is 0 Å². The summed E-state index contributed by atoms with van der Waals surface area (Å²) in [5.41, 5.74) is 2.33. The Kier molecular flexibility index (Phi) is 5.25. The predicted molar refractivity (Wildman–Crippen MR) is 112 cm³/mol. The highest BCUT2D eigenvalue weighted by Gasteiger charge is 2.13. The van der Waals surface area contributed by atoms with Crippen molar-refractivity contribution in [3.05, 3.63) is 109 Å². The van der Waals surface area contributed by atoms with E-state index in [0.717, 1.165) is 11.1 Å². The maximum absolute atomic E-state index is 11.4. The molecule has 0 heterocycles. The Morgan fingerprint density at radius 3 is 1.79 bits per heavy atom. The van der Waals surface area contributed by atoms with Gasteiger partial charge in [0, 0.05) is 0 Å². The van der Waals surface area contributed by atoms with Crippen LogP contribution < -0.4 is 9.47 Å². The zero-order valence-corrected chi connectivity index (χ0v) is 15.5. The smallest absolute Gasteiger partial charge is 0.335 e. The van der Waals surface area contributed by atoms with Gasteiger partial charge < -0.3 is 14.6 Å². The van der Waals surface area contributed by atoms with Gasteiger partial charge in [0.15, 0.2) is 11.5 Å². The van der Waals surface area contributed by atoms with Crippen LogP contribution in [-0.4, -0.2) is 11.1 Å². The summed E-state index contributed by atoms with van der Waals surface area (Å²) in [6, 6.07) is 31.5. The van der Waals surface area contributed by atoms with E-state index in [4.69, 9.17) is 9.47 Å². The second-order valence-electron chi connectivity index (χ2n) is 6.37. The van der Waals surface area contributed by atoms with Crippen LogP contribution in [0.25, 0.3) is 11.1 Å². The van der Waals surface area contributed by atoms with Gasteiger partial charge in [-0.2, -0.15) is 0 Å². The second-order valence-corrected chi connectivity index (χ2v) is 6.37. The molecule has 0 saturated heterocycles. The van der Waals surface area contributed by atoms with Crippen LogP contribution in [0.3, 0.4) is 0 Å².